The van der Waals surface area contributed by atoms with Gasteiger partial charge in [0.1, 0.15) is 5.78 Å². The number of Topliss-reactive ketones (excluding diaryl/α,β-unsaturated/α-hetero) is 1. The van der Waals surface area contributed by atoms with Crippen LogP contribution < -0.4 is 14.8 Å². The number of hydrogen-bond acceptors (Lipinski definition) is 8. The topological polar surface area (TPSA) is 117 Å². The van der Waals surface area contributed by atoms with Crippen LogP contribution in [0.15, 0.2) is 35.2 Å². The molecule has 0 saturated heterocycles. The highest BCUT2D eigenvalue weighted by atomic mass is 16.7. The molecule has 0 fully saturated rings. The molecule has 30 heavy (non-hydrogen) atoms. The third kappa shape index (κ3) is 3.10. The summed E-state index contributed by atoms with van der Waals surface area (Å²) < 4.78 is 15.7. The van der Waals surface area contributed by atoms with E-state index in [1.54, 1.807) is 6.92 Å². The van der Waals surface area contributed by atoms with E-state index in [0.29, 0.717) is 17.1 Å². The van der Waals surface area contributed by atoms with E-state index in [9.17, 15) is 19.7 Å². The van der Waals surface area contributed by atoms with E-state index < -0.39 is 22.7 Å². The van der Waals surface area contributed by atoms with Crippen molar-refractivity contribution in [3.05, 3.63) is 50.9 Å². The van der Waals surface area contributed by atoms with Crippen molar-refractivity contribution in [2.45, 2.75) is 33.1 Å². The number of allylic oxidation sites excluding steroid dienone is 3. The Morgan fingerprint density at radius 2 is 1.93 bits per heavy atom. The number of carbonyl (C=O) groups is 2. The number of rotatable bonds is 3. The van der Waals surface area contributed by atoms with Crippen LogP contribution in [0.2, 0.25) is 0 Å². The Morgan fingerprint density at radius 1 is 1.27 bits per heavy atom. The highest BCUT2D eigenvalue weighted by Crippen LogP contribution is 2.51. The second kappa shape index (κ2) is 6.86. The molecule has 1 aromatic carbocycles. The summed E-state index contributed by atoms with van der Waals surface area (Å²) >= 11 is 0. The molecule has 0 saturated carbocycles. The number of nitro groups is 1. The molecule has 2 atom stereocenters. The first-order valence-electron chi connectivity index (χ1n) is 9.52. The molecular formula is C21H22N2O7. The molecule has 158 valence electrons. The summed E-state index contributed by atoms with van der Waals surface area (Å²) in [5.41, 5.74) is 0.927. The first kappa shape index (κ1) is 19.9. The van der Waals surface area contributed by atoms with Crippen LogP contribution in [0.1, 0.15) is 38.7 Å². The number of ketones is 1. The number of carbonyl (C=O) groups excluding carboxylic acids is 2. The second-order valence-corrected chi connectivity index (χ2v) is 8.36. The molecule has 0 aromatic heterocycles. The maximum atomic E-state index is 13.2. The van der Waals surface area contributed by atoms with Crippen molar-refractivity contribution < 1.29 is 28.7 Å². The van der Waals surface area contributed by atoms with Crippen LogP contribution in [0.25, 0.3) is 0 Å². The lowest BCUT2D eigenvalue weighted by Gasteiger charge is -2.41. The molecule has 9 nitrogen and oxygen atoms in total. The number of ether oxygens (including phenoxy) is 3. The smallest absolute Gasteiger partial charge is 0.336 e. The van der Waals surface area contributed by atoms with Crippen molar-refractivity contribution in [1.29, 1.82) is 0 Å². The zero-order valence-electron chi connectivity index (χ0n) is 17.1. The number of nitrogens with zero attached hydrogens (tertiary/aromatic N) is 1. The largest absolute Gasteiger partial charge is 0.466 e. The minimum Gasteiger partial charge on any atom is -0.466 e. The molecule has 1 N–H and O–H groups in total. The van der Waals surface area contributed by atoms with E-state index in [4.69, 9.17) is 14.2 Å². The summed E-state index contributed by atoms with van der Waals surface area (Å²) in [6, 6.07) is 2.78. The SMILES string of the molecule is COC(=O)C1=C(C)NC2=CC(C)(C)CC(=O)C2C1c1cc2c(cc1[N+](=O)[O-])OCO2. The van der Waals surface area contributed by atoms with Crippen LogP contribution in [-0.4, -0.2) is 30.6 Å². The van der Waals surface area contributed by atoms with Crippen LogP contribution >= 0.6 is 0 Å². The summed E-state index contributed by atoms with van der Waals surface area (Å²) in [7, 11) is 1.24. The minimum absolute atomic E-state index is 0.0530. The van der Waals surface area contributed by atoms with Gasteiger partial charge in [0.25, 0.3) is 5.69 Å². The maximum Gasteiger partial charge on any atom is 0.336 e. The Morgan fingerprint density at radius 3 is 2.57 bits per heavy atom. The van der Waals surface area contributed by atoms with Crippen molar-refractivity contribution in [2.75, 3.05) is 13.9 Å². The van der Waals surface area contributed by atoms with Gasteiger partial charge < -0.3 is 19.5 Å². The molecule has 4 rings (SSSR count). The summed E-state index contributed by atoms with van der Waals surface area (Å²) in [5.74, 6) is -1.81. The molecule has 0 spiro atoms. The lowest BCUT2D eigenvalue weighted by molar-refractivity contribution is -0.385. The Hall–Kier alpha value is -3.36. The fourth-order valence-corrected chi connectivity index (χ4v) is 4.54. The first-order chi connectivity index (χ1) is 14.1. The van der Waals surface area contributed by atoms with Crippen LogP contribution in [0, 0.1) is 21.4 Å². The number of esters is 1. The highest BCUT2D eigenvalue weighted by molar-refractivity contribution is 5.96. The van der Waals surface area contributed by atoms with E-state index >= 15 is 0 Å². The molecule has 2 unspecified atom stereocenters. The van der Waals surface area contributed by atoms with Crippen molar-refractivity contribution in [2.24, 2.45) is 11.3 Å². The third-order valence-corrected chi connectivity index (χ3v) is 5.70. The normalized spacial score (nSPS) is 24.0. The zero-order valence-corrected chi connectivity index (χ0v) is 17.1. The van der Waals surface area contributed by atoms with Gasteiger partial charge >= 0.3 is 5.97 Å². The zero-order chi connectivity index (χ0) is 21.8. The van der Waals surface area contributed by atoms with E-state index in [-0.39, 0.29) is 47.0 Å². The fourth-order valence-electron chi connectivity index (χ4n) is 4.54. The van der Waals surface area contributed by atoms with Gasteiger partial charge in [0, 0.05) is 29.3 Å². The Balaban J connectivity index is 2.00. The van der Waals surface area contributed by atoms with Gasteiger partial charge in [-0.25, -0.2) is 4.79 Å². The number of nitrogens with one attached hydrogen (secondary N) is 1. The summed E-state index contributed by atoms with van der Waals surface area (Å²) in [5, 5.41) is 15.1. The van der Waals surface area contributed by atoms with E-state index in [1.165, 1.54) is 19.2 Å². The number of hydrogen-bond donors (Lipinski definition) is 1. The van der Waals surface area contributed by atoms with Crippen LogP contribution in [0.3, 0.4) is 0 Å². The standard InChI is InChI=1S/C21H22N2O7/c1-10-17(20(25)28-4)18(19-12(22-10)7-21(2,3)8-14(19)24)11-5-15-16(30-9-29-15)6-13(11)23(26)27/h5-7,18-19,22H,8-9H2,1-4H3. The first-order valence-corrected chi connectivity index (χ1v) is 9.52. The Bertz CT molecular complexity index is 1040. The molecule has 1 aliphatic carbocycles. The van der Waals surface area contributed by atoms with Gasteiger partial charge in [-0.2, -0.15) is 0 Å². The molecule has 2 heterocycles. The third-order valence-electron chi connectivity index (χ3n) is 5.70. The molecule has 3 aliphatic rings. The predicted molar refractivity (Wildman–Crippen MR) is 105 cm³/mol. The van der Waals surface area contributed by atoms with Gasteiger partial charge in [-0.3, -0.25) is 14.9 Å². The lowest BCUT2D eigenvalue weighted by atomic mass is 9.66. The number of nitro benzene ring substituents is 1. The quantitative estimate of drug-likeness (QED) is 0.456. The van der Waals surface area contributed by atoms with Gasteiger partial charge in [-0.05, 0) is 18.4 Å². The lowest BCUT2D eigenvalue weighted by Crippen LogP contribution is -2.43. The van der Waals surface area contributed by atoms with Crippen LogP contribution in [-0.2, 0) is 14.3 Å². The summed E-state index contributed by atoms with van der Waals surface area (Å²) in [4.78, 5) is 37.3. The molecular weight excluding hydrogens is 392 g/mol. The molecule has 0 amide bonds. The summed E-state index contributed by atoms with van der Waals surface area (Å²) in [6.45, 7) is 5.54. The minimum atomic E-state index is -0.886. The average Bonchev–Trinajstić information content (AvgIpc) is 3.11. The van der Waals surface area contributed by atoms with E-state index in [2.05, 4.69) is 5.32 Å². The fraction of sp³-hybridized carbons (Fsp3) is 0.429. The van der Waals surface area contributed by atoms with Crippen molar-refractivity contribution >= 4 is 17.4 Å². The summed E-state index contributed by atoms with van der Waals surface area (Å²) in [6.07, 6.45) is 2.22. The number of fused-ring (bicyclic) bond motifs is 2. The number of benzene rings is 1. The number of methoxy groups -OCH3 is 1. The van der Waals surface area contributed by atoms with Crippen molar-refractivity contribution in [3.8, 4) is 11.5 Å². The second-order valence-electron chi connectivity index (χ2n) is 8.36. The van der Waals surface area contributed by atoms with Crippen molar-refractivity contribution in [3.63, 3.8) is 0 Å². The maximum absolute atomic E-state index is 13.2. The molecule has 0 bridgehead atoms. The average molecular weight is 414 g/mol. The Labute approximate surface area is 172 Å². The van der Waals surface area contributed by atoms with Gasteiger partial charge in [-0.15, -0.1) is 0 Å². The van der Waals surface area contributed by atoms with Gasteiger partial charge in [0.2, 0.25) is 6.79 Å². The van der Waals surface area contributed by atoms with Gasteiger partial charge in [-0.1, -0.05) is 19.9 Å². The van der Waals surface area contributed by atoms with Gasteiger partial charge in [0.15, 0.2) is 11.5 Å². The molecule has 0 radical (unpaired) electrons. The monoisotopic (exact) mass is 414 g/mol. The van der Waals surface area contributed by atoms with Crippen LogP contribution in [0.4, 0.5) is 5.69 Å². The molecule has 2 aliphatic heterocycles. The molecule has 9 heteroatoms. The van der Waals surface area contributed by atoms with Crippen LogP contribution in [0.5, 0.6) is 11.5 Å². The molecule has 1 aromatic rings. The van der Waals surface area contributed by atoms with Gasteiger partial charge in [0.05, 0.1) is 29.6 Å². The van der Waals surface area contributed by atoms with E-state index in [0.717, 1.165) is 0 Å². The predicted octanol–water partition coefficient (Wildman–Crippen LogP) is 2.96. The van der Waals surface area contributed by atoms with E-state index in [1.807, 2.05) is 19.9 Å². The highest BCUT2D eigenvalue weighted by Gasteiger charge is 2.48. The Kier molecular flexibility index (Phi) is 4.56. The van der Waals surface area contributed by atoms with Crippen molar-refractivity contribution in [1.82, 2.24) is 5.32 Å².